The molecule has 0 radical (unpaired) electrons. The average Bonchev–Trinajstić information content (AvgIpc) is 2.85. The van der Waals surface area contributed by atoms with Crippen molar-refractivity contribution in [2.75, 3.05) is 21.2 Å². The lowest BCUT2D eigenvalue weighted by atomic mass is 9.57. The van der Waals surface area contributed by atoms with Gasteiger partial charge in [0.1, 0.15) is 28.6 Å². The van der Waals surface area contributed by atoms with Crippen LogP contribution in [0.2, 0.25) is 0 Å². The topological polar surface area (TPSA) is 154 Å². The van der Waals surface area contributed by atoms with E-state index in [0.717, 1.165) is 11.1 Å². The van der Waals surface area contributed by atoms with Gasteiger partial charge in [0.05, 0.1) is 24.3 Å². The third-order valence-corrected chi connectivity index (χ3v) is 8.10. The summed E-state index contributed by atoms with van der Waals surface area (Å²) in [7, 11) is 4.96. The molecule has 9 nitrogen and oxygen atoms in total. The number of methoxy groups -OCH3 is 1. The van der Waals surface area contributed by atoms with Crippen molar-refractivity contribution in [2.24, 2.45) is 17.6 Å². The third-order valence-electron chi connectivity index (χ3n) is 8.10. The van der Waals surface area contributed by atoms with E-state index in [1.165, 1.54) is 6.07 Å². The summed E-state index contributed by atoms with van der Waals surface area (Å²) >= 11 is 0. The monoisotopic (exact) mass is 506 g/mol. The second-order valence-electron chi connectivity index (χ2n) is 10.3. The number of nitrogens with zero attached hydrogens (tertiary/aromatic N) is 1. The molecule has 0 aliphatic heterocycles. The first-order chi connectivity index (χ1) is 17.5. The molecule has 3 aliphatic carbocycles. The normalized spacial score (nSPS) is 27.1. The van der Waals surface area contributed by atoms with Crippen LogP contribution in [0.1, 0.15) is 24.0 Å². The first-order valence-corrected chi connectivity index (χ1v) is 12.1. The van der Waals surface area contributed by atoms with Gasteiger partial charge in [-0.25, -0.2) is 0 Å². The van der Waals surface area contributed by atoms with Crippen LogP contribution in [-0.2, 0) is 16.0 Å². The van der Waals surface area contributed by atoms with Crippen molar-refractivity contribution in [3.8, 4) is 22.6 Å². The van der Waals surface area contributed by atoms with Gasteiger partial charge in [0.2, 0.25) is 5.91 Å². The molecule has 4 atom stereocenters. The molecule has 9 heteroatoms. The van der Waals surface area contributed by atoms with Crippen molar-refractivity contribution in [3.05, 3.63) is 64.4 Å². The Morgan fingerprint density at radius 3 is 2.38 bits per heavy atom. The number of aliphatic hydroxyl groups is 3. The zero-order chi connectivity index (χ0) is 26.8. The van der Waals surface area contributed by atoms with Crippen molar-refractivity contribution in [3.63, 3.8) is 0 Å². The van der Waals surface area contributed by atoms with E-state index in [-0.39, 0.29) is 40.4 Å². The van der Waals surface area contributed by atoms with Gasteiger partial charge < -0.3 is 30.9 Å². The van der Waals surface area contributed by atoms with E-state index in [4.69, 9.17) is 10.5 Å². The van der Waals surface area contributed by atoms with Crippen LogP contribution >= 0.6 is 0 Å². The number of carbonyl (C=O) groups excluding carboxylic acids is 2. The molecular formula is C28H30N2O7. The molecule has 194 valence electrons. The van der Waals surface area contributed by atoms with Gasteiger partial charge in [-0.1, -0.05) is 18.2 Å². The van der Waals surface area contributed by atoms with Crippen LogP contribution < -0.4 is 10.5 Å². The summed E-state index contributed by atoms with van der Waals surface area (Å²) in [6.07, 6.45) is 0.143. The third kappa shape index (κ3) is 3.60. The minimum atomic E-state index is -2.05. The SMILES string of the molecule is COc1ccc(-c2ccc(O)c3c2CC2CC4C(N(C)C)C(O)=C(C(N)=O)CC4(O)C(=O)C2=C3O)cc1. The van der Waals surface area contributed by atoms with E-state index in [0.29, 0.717) is 17.7 Å². The second-order valence-corrected chi connectivity index (χ2v) is 10.3. The highest BCUT2D eigenvalue weighted by molar-refractivity contribution is 6.10. The van der Waals surface area contributed by atoms with Crippen molar-refractivity contribution in [2.45, 2.75) is 30.9 Å². The standard InChI is InChI=1S/C28H30N2O7/c1-30(2)23-19-11-14-10-17-16(13-4-6-15(37-3)7-5-13)8-9-20(31)22(17)25(33)21(14)26(34)28(19,36)12-18(24(23)32)27(29)35/h4-9,14,19,23,31-33,36H,10-12H2,1-3H3,(H2,29,35). The van der Waals surface area contributed by atoms with Crippen LogP contribution in [0.25, 0.3) is 16.9 Å². The number of benzene rings is 2. The van der Waals surface area contributed by atoms with Crippen LogP contribution in [0.3, 0.4) is 0 Å². The van der Waals surface area contributed by atoms with Gasteiger partial charge in [0.25, 0.3) is 0 Å². The summed E-state index contributed by atoms with van der Waals surface area (Å²) in [4.78, 5) is 27.6. The van der Waals surface area contributed by atoms with Crippen molar-refractivity contribution in [1.82, 2.24) is 4.90 Å². The molecule has 6 N–H and O–H groups in total. The molecule has 37 heavy (non-hydrogen) atoms. The lowest BCUT2D eigenvalue weighted by Crippen LogP contribution is -2.62. The number of likely N-dealkylation sites (N-methyl/N-ethyl adjacent to an activating group) is 1. The molecule has 5 rings (SSSR count). The molecule has 1 amide bonds. The number of hydrogen-bond acceptors (Lipinski definition) is 8. The van der Waals surface area contributed by atoms with Crippen LogP contribution in [0.5, 0.6) is 11.5 Å². The minimum absolute atomic E-state index is 0.0242. The van der Waals surface area contributed by atoms with Crippen LogP contribution in [0.4, 0.5) is 0 Å². The maximum absolute atomic E-state index is 13.9. The van der Waals surface area contributed by atoms with Crippen LogP contribution in [0.15, 0.2) is 53.3 Å². The van der Waals surface area contributed by atoms with E-state index in [1.54, 1.807) is 32.2 Å². The number of primary amides is 1. The summed E-state index contributed by atoms with van der Waals surface area (Å²) < 4.78 is 5.25. The number of phenolic OH excluding ortho intramolecular Hbond substituents is 1. The number of Topliss-reactive ketones (excluding diaryl/α,β-unsaturated/α-hetero) is 1. The quantitative estimate of drug-likeness (QED) is 0.424. The van der Waals surface area contributed by atoms with Crippen molar-refractivity contribution >= 4 is 17.4 Å². The summed E-state index contributed by atoms with van der Waals surface area (Å²) in [5.74, 6) is -2.97. The van der Waals surface area contributed by atoms with Gasteiger partial charge >= 0.3 is 0 Å². The van der Waals surface area contributed by atoms with Crippen LogP contribution in [-0.4, -0.2) is 69.9 Å². The van der Waals surface area contributed by atoms with E-state index < -0.39 is 41.6 Å². The molecule has 4 unspecified atom stereocenters. The minimum Gasteiger partial charge on any atom is -0.510 e. The Hall–Kier alpha value is -3.82. The van der Waals surface area contributed by atoms with Gasteiger partial charge in [0.15, 0.2) is 5.78 Å². The number of ketones is 1. The van der Waals surface area contributed by atoms with E-state index in [1.807, 2.05) is 24.3 Å². The number of ether oxygens (including phenoxy) is 1. The highest BCUT2D eigenvalue weighted by atomic mass is 16.5. The zero-order valence-corrected chi connectivity index (χ0v) is 20.9. The number of carbonyl (C=O) groups is 2. The lowest BCUT2D eigenvalue weighted by molar-refractivity contribution is -0.151. The zero-order valence-electron chi connectivity index (χ0n) is 20.9. The summed E-state index contributed by atoms with van der Waals surface area (Å²) in [6.45, 7) is 0. The largest absolute Gasteiger partial charge is 0.510 e. The van der Waals surface area contributed by atoms with Gasteiger partial charge in [-0.05, 0) is 67.7 Å². The Morgan fingerprint density at radius 2 is 1.78 bits per heavy atom. The number of phenols is 1. The number of nitrogens with two attached hydrogens (primary N) is 1. The molecule has 0 spiro atoms. The molecule has 0 saturated heterocycles. The predicted octanol–water partition coefficient (Wildman–Crippen LogP) is 2.46. The van der Waals surface area contributed by atoms with Crippen LogP contribution in [0, 0.1) is 11.8 Å². The highest BCUT2D eigenvalue weighted by Crippen LogP contribution is 2.53. The first-order valence-electron chi connectivity index (χ1n) is 12.1. The Kier molecular flexibility index (Phi) is 5.80. The summed E-state index contributed by atoms with van der Waals surface area (Å²) in [5, 5.41) is 44.7. The van der Waals surface area contributed by atoms with Gasteiger partial charge in [-0.2, -0.15) is 0 Å². The maximum Gasteiger partial charge on any atom is 0.248 e. The van der Waals surface area contributed by atoms with E-state index in [9.17, 15) is 30.0 Å². The molecule has 0 aromatic heterocycles. The molecule has 3 aliphatic rings. The molecule has 0 bridgehead atoms. The fourth-order valence-electron chi connectivity index (χ4n) is 6.37. The highest BCUT2D eigenvalue weighted by Gasteiger charge is 2.60. The first kappa shape index (κ1) is 24.9. The number of hydrogen-bond donors (Lipinski definition) is 5. The van der Waals surface area contributed by atoms with E-state index >= 15 is 0 Å². The Balaban J connectivity index is 1.67. The molecule has 2 aromatic rings. The molecule has 0 heterocycles. The smallest absolute Gasteiger partial charge is 0.248 e. The average molecular weight is 507 g/mol. The molecule has 1 saturated carbocycles. The van der Waals surface area contributed by atoms with Crippen molar-refractivity contribution < 1.29 is 34.8 Å². The number of fused-ring (bicyclic) bond motifs is 3. The summed E-state index contributed by atoms with van der Waals surface area (Å²) in [5.41, 5.74) is 5.73. The number of amides is 1. The Labute approximate surface area is 214 Å². The number of aromatic hydroxyl groups is 1. The fraction of sp³-hybridized carbons (Fsp3) is 0.357. The Morgan fingerprint density at radius 1 is 1.11 bits per heavy atom. The molecular weight excluding hydrogens is 476 g/mol. The van der Waals surface area contributed by atoms with Gasteiger partial charge in [-0.3, -0.25) is 14.5 Å². The number of aliphatic hydroxyl groups excluding tert-OH is 2. The van der Waals surface area contributed by atoms with Gasteiger partial charge in [-0.15, -0.1) is 0 Å². The predicted molar refractivity (Wildman–Crippen MR) is 136 cm³/mol. The second kappa shape index (κ2) is 8.64. The van der Waals surface area contributed by atoms with Crippen molar-refractivity contribution in [1.29, 1.82) is 0 Å². The summed E-state index contributed by atoms with van der Waals surface area (Å²) in [6, 6.07) is 9.81. The molecule has 2 aromatic carbocycles. The lowest BCUT2D eigenvalue weighted by Gasteiger charge is -2.51. The maximum atomic E-state index is 13.9. The van der Waals surface area contributed by atoms with E-state index in [2.05, 4.69) is 0 Å². The Bertz CT molecular complexity index is 1380. The number of rotatable bonds is 4. The molecule has 1 fully saturated rings. The van der Waals surface area contributed by atoms with Gasteiger partial charge in [0, 0.05) is 17.9 Å². The fourth-order valence-corrected chi connectivity index (χ4v) is 6.37.